The fourth-order valence-electron chi connectivity index (χ4n) is 0.782. The van der Waals surface area contributed by atoms with Gasteiger partial charge >= 0.3 is 6.18 Å². The highest BCUT2D eigenvalue weighted by Gasteiger charge is 2.34. The second-order valence-electron chi connectivity index (χ2n) is 2.22. The maximum Gasteiger partial charge on any atom is 0.435 e. The molecule has 0 aliphatic carbocycles. The lowest BCUT2D eigenvalue weighted by Crippen LogP contribution is -2.17. The van der Waals surface area contributed by atoms with E-state index < -0.39 is 17.4 Å². The van der Waals surface area contributed by atoms with E-state index in [4.69, 9.17) is 0 Å². The van der Waals surface area contributed by atoms with Gasteiger partial charge in [0.1, 0.15) is 0 Å². The molecule has 0 radical (unpaired) electrons. The predicted octanol–water partition coefficient (Wildman–Crippen LogP) is 1.10. The molecule has 0 fully saturated rings. The number of alkyl halides is 3. The number of rotatable bonds is 0. The van der Waals surface area contributed by atoms with Crippen LogP contribution in [0, 0.1) is 6.92 Å². The minimum Gasteiger partial charge on any atom is -0.323 e. The molecule has 0 bridgehead atoms. The molecule has 0 saturated heterocycles. The molecule has 66 valence electrons. The van der Waals surface area contributed by atoms with E-state index in [1.165, 1.54) is 0 Å². The van der Waals surface area contributed by atoms with Crippen LogP contribution in [0.3, 0.4) is 0 Å². The Morgan fingerprint density at radius 2 is 2.08 bits per heavy atom. The maximum atomic E-state index is 12.0. The van der Waals surface area contributed by atoms with Gasteiger partial charge in [0.15, 0.2) is 5.69 Å². The maximum absolute atomic E-state index is 12.0. The first-order valence-electron chi connectivity index (χ1n) is 3.04. The van der Waals surface area contributed by atoms with Gasteiger partial charge < -0.3 is 4.98 Å². The van der Waals surface area contributed by atoms with Gasteiger partial charge in [-0.15, -0.1) is 0 Å². The number of H-pyrrole nitrogens is 1. The highest BCUT2D eigenvalue weighted by molar-refractivity contribution is 5.11. The molecule has 0 spiro atoms. The van der Waals surface area contributed by atoms with Crippen LogP contribution in [0.5, 0.6) is 0 Å². The van der Waals surface area contributed by atoms with E-state index in [0.717, 1.165) is 6.92 Å². The summed E-state index contributed by atoms with van der Waals surface area (Å²) in [7, 11) is 0. The van der Waals surface area contributed by atoms with E-state index in [9.17, 15) is 18.0 Å². The fourth-order valence-corrected chi connectivity index (χ4v) is 0.782. The summed E-state index contributed by atoms with van der Waals surface area (Å²) in [4.78, 5) is 15.5. The largest absolute Gasteiger partial charge is 0.435 e. The molecule has 0 aliphatic heterocycles. The lowest BCUT2D eigenvalue weighted by atomic mass is 10.3. The standard InChI is InChI=1S/C6H5F3N2O/c1-3-5(6(7,8)9)10-2-4(12)11-3/h2H,1H3,(H,11,12). The third-order valence-electron chi connectivity index (χ3n) is 1.25. The Morgan fingerprint density at radius 1 is 1.50 bits per heavy atom. The molecule has 0 aliphatic rings. The molecule has 1 N–H and O–H groups in total. The average molecular weight is 178 g/mol. The summed E-state index contributed by atoms with van der Waals surface area (Å²) in [5.41, 5.74) is -1.96. The summed E-state index contributed by atoms with van der Waals surface area (Å²) in [5.74, 6) is 0. The molecule has 0 aromatic carbocycles. The van der Waals surface area contributed by atoms with Gasteiger partial charge in [0.05, 0.1) is 6.20 Å². The van der Waals surface area contributed by atoms with Crippen molar-refractivity contribution in [1.29, 1.82) is 0 Å². The molecular weight excluding hydrogens is 173 g/mol. The number of nitrogens with one attached hydrogen (secondary N) is 1. The molecule has 1 heterocycles. The van der Waals surface area contributed by atoms with Crippen LogP contribution in [0.1, 0.15) is 11.4 Å². The lowest BCUT2D eigenvalue weighted by Gasteiger charge is -2.06. The third kappa shape index (κ3) is 1.63. The number of nitrogens with zero attached hydrogens (tertiary/aromatic N) is 1. The molecule has 0 amide bonds. The molecule has 1 aromatic heterocycles. The van der Waals surface area contributed by atoms with Gasteiger partial charge in [-0.1, -0.05) is 0 Å². The summed E-state index contributed by atoms with van der Waals surface area (Å²) in [6.45, 7) is 1.15. The Labute approximate surface area is 65.3 Å². The number of halogens is 3. The monoisotopic (exact) mass is 178 g/mol. The minimum atomic E-state index is -4.51. The zero-order chi connectivity index (χ0) is 9.35. The van der Waals surface area contributed by atoms with Crippen molar-refractivity contribution in [3.05, 3.63) is 27.9 Å². The Morgan fingerprint density at radius 3 is 2.50 bits per heavy atom. The summed E-state index contributed by atoms with van der Waals surface area (Å²) in [5, 5.41) is 0. The first kappa shape index (κ1) is 8.76. The van der Waals surface area contributed by atoms with E-state index in [1.807, 2.05) is 4.98 Å². The quantitative estimate of drug-likeness (QED) is 0.646. The van der Waals surface area contributed by atoms with Crippen LogP contribution in [0.15, 0.2) is 11.0 Å². The van der Waals surface area contributed by atoms with Crippen LogP contribution in [-0.4, -0.2) is 9.97 Å². The smallest absolute Gasteiger partial charge is 0.323 e. The molecule has 1 rings (SSSR count). The first-order chi connectivity index (χ1) is 5.41. The normalized spacial score (nSPS) is 11.7. The molecule has 6 heteroatoms. The van der Waals surface area contributed by atoms with Gasteiger partial charge in [0.2, 0.25) is 0 Å². The number of hydrogen-bond acceptors (Lipinski definition) is 2. The van der Waals surface area contributed by atoms with Crippen LogP contribution < -0.4 is 5.56 Å². The van der Waals surface area contributed by atoms with Crippen LogP contribution in [-0.2, 0) is 6.18 Å². The van der Waals surface area contributed by atoms with Crippen LogP contribution in [0.2, 0.25) is 0 Å². The number of aromatic amines is 1. The zero-order valence-corrected chi connectivity index (χ0v) is 6.07. The van der Waals surface area contributed by atoms with Crippen molar-refractivity contribution in [2.45, 2.75) is 13.1 Å². The molecule has 0 saturated carbocycles. The van der Waals surface area contributed by atoms with Crippen molar-refractivity contribution < 1.29 is 13.2 Å². The number of hydrogen-bond donors (Lipinski definition) is 1. The van der Waals surface area contributed by atoms with Gasteiger partial charge in [-0.3, -0.25) is 4.79 Å². The summed E-state index contributed by atoms with van der Waals surface area (Å²) >= 11 is 0. The first-order valence-corrected chi connectivity index (χ1v) is 3.04. The van der Waals surface area contributed by atoms with Crippen LogP contribution in [0.25, 0.3) is 0 Å². The summed E-state index contributed by atoms with van der Waals surface area (Å²) in [6.07, 6.45) is -3.90. The Kier molecular flexibility index (Phi) is 1.91. The Bertz CT molecular complexity index is 341. The van der Waals surface area contributed by atoms with E-state index in [-0.39, 0.29) is 5.69 Å². The Balaban J connectivity index is 3.28. The van der Waals surface area contributed by atoms with Crippen molar-refractivity contribution in [2.75, 3.05) is 0 Å². The second kappa shape index (κ2) is 2.62. The fraction of sp³-hybridized carbons (Fsp3) is 0.333. The van der Waals surface area contributed by atoms with Crippen molar-refractivity contribution >= 4 is 0 Å². The highest BCUT2D eigenvalue weighted by Crippen LogP contribution is 2.28. The molecule has 3 nitrogen and oxygen atoms in total. The van der Waals surface area contributed by atoms with E-state index in [0.29, 0.717) is 6.20 Å². The van der Waals surface area contributed by atoms with E-state index >= 15 is 0 Å². The summed E-state index contributed by atoms with van der Waals surface area (Å²) in [6, 6.07) is 0. The van der Waals surface area contributed by atoms with Crippen molar-refractivity contribution in [3.63, 3.8) is 0 Å². The molecular formula is C6H5F3N2O. The summed E-state index contributed by atoms with van der Waals surface area (Å²) < 4.78 is 36.0. The van der Waals surface area contributed by atoms with Crippen LogP contribution >= 0.6 is 0 Å². The van der Waals surface area contributed by atoms with Gasteiger partial charge in [-0.2, -0.15) is 13.2 Å². The van der Waals surface area contributed by atoms with Gasteiger partial charge in [-0.25, -0.2) is 4.98 Å². The molecule has 0 unspecified atom stereocenters. The van der Waals surface area contributed by atoms with Crippen molar-refractivity contribution in [2.24, 2.45) is 0 Å². The minimum absolute atomic E-state index is 0.269. The molecule has 0 atom stereocenters. The molecule has 1 aromatic rings. The average Bonchev–Trinajstić information content (AvgIpc) is 1.83. The van der Waals surface area contributed by atoms with E-state index in [1.54, 1.807) is 0 Å². The van der Waals surface area contributed by atoms with Crippen molar-refractivity contribution in [3.8, 4) is 0 Å². The van der Waals surface area contributed by atoms with E-state index in [2.05, 4.69) is 4.98 Å². The molecule has 12 heavy (non-hydrogen) atoms. The topological polar surface area (TPSA) is 45.8 Å². The van der Waals surface area contributed by atoms with Gasteiger partial charge in [0, 0.05) is 5.69 Å². The lowest BCUT2D eigenvalue weighted by molar-refractivity contribution is -0.142. The van der Waals surface area contributed by atoms with Gasteiger partial charge in [0.25, 0.3) is 5.56 Å². The predicted molar refractivity (Wildman–Crippen MR) is 34.6 cm³/mol. The Hall–Kier alpha value is -1.33. The third-order valence-corrected chi connectivity index (χ3v) is 1.25. The van der Waals surface area contributed by atoms with Gasteiger partial charge in [-0.05, 0) is 6.92 Å². The highest BCUT2D eigenvalue weighted by atomic mass is 19.4. The second-order valence-corrected chi connectivity index (χ2v) is 2.22. The van der Waals surface area contributed by atoms with Crippen LogP contribution in [0.4, 0.5) is 13.2 Å². The number of aromatic nitrogens is 2. The SMILES string of the molecule is Cc1[nH]c(=O)cnc1C(F)(F)F. The number of aryl methyl sites for hydroxylation is 1. The zero-order valence-electron chi connectivity index (χ0n) is 6.07. The van der Waals surface area contributed by atoms with Crippen molar-refractivity contribution in [1.82, 2.24) is 9.97 Å².